The molecule has 0 spiro atoms. The third kappa shape index (κ3) is 5.63. The van der Waals surface area contributed by atoms with Crippen molar-refractivity contribution in [2.75, 3.05) is 25.6 Å². The summed E-state index contributed by atoms with van der Waals surface area (Å²) in [5.74, 6) is -0.248. The number of nitrogens with zero attached hydrogens (tertiary/aromatic N) is 1. The Bertz CT molecular complexity index is 967. The number of benzene rings is 1. The molecule has 1 aliphatic carbocycles. The Morgan fingerprint density at radius 1 is 1.19 bits per heavy atom. The Morgan fingerprint density at radius 2 is 1.94 bits per heavy atom. The Labute approximate surface area is 186 Å². The highest BCUT2D eigenvalue weighted by Crippen LogP contribution is 2.36. The molecule has 1 aromatic carbocycles. The highest BCUT2D eigenvalue weighted by atomic mass is 32.1. The smallest absolute Gasteiger partial charge is 0.329 e. The number of carbonyl (C=O) groups is 2. The van der Waals surface area contributed by atoms with Crippen molar-refractivity contribution >= 4 is 28.2 Å². The first-order chi connectivity index (χ1) is 15.0. The molecule has 0 aliphatic heterocycles. The zero-order chi connectivity index (χ0) is 22.3. The summed E-state index contributed by atoms with van der Waals surface area (Å²) < 4.78 is 10.6. The molecule has 0 radical (unpaired) electrons. The van der Waals surface area contributed by atoms with Crippen LogP contribution in [0.5, 0.6) is 5.75 Å². The Hall–Kier alpha value is -2.89. The minimum absolute atomic E-state index is 0.00624. The normalized spacial score (nSPS) is 15.0. The van der Waals surface area contributed by atoms with Crippen LogP contribution in [-0.4, -0.2) is 37.7 Å². The minimum Gasteiger partial charge on any atom is -0.491 e. The Kier molecular flexibility index (Phi) is 7.66. The number of hydrogen-bond donors (Lipinski definition) is 2. The molecule has 31 heavy (non-hydrogen) atoms. The summed E-state index contributed by atoms with van der Waals surface area (Å²) >= 11 is 1.48. The number of amides is 1. The van der Waals surface area contributed by atoms with Crippen molar-refractivity contribution in [3.05, 3.63) is 46.3 Å². The maximum absolute atomic E-state index is 12.6. The van der Waals surface area contributed by atoms with E-state index >= 15 is 0 Å². The van der Waals surface area contributed by atoms with E-state index in [-0.39, 0.29) is 19.1 Å². The summed E-state index contributed by atoms with van der Waals surface area (Å²) in [6, 6.07) is 11.4. The van der Waals surface area contributed by atoms with E-state index in [1.807, 2.05) is 18.2 Å². The molecule has 1 atom stereocenters. The van der Waals surface area contributed by atoms with E-state index < -0.39 is 11.5 Å². The maximum atomic E-state index is 12.6. The van der Waals surface area contributed by atoms with Crippen LogP contribution in [0.25, 0.3) is 0 Å². The van der Waals surface area contributed by atoms with Crippen molar-refractivity contribution in [1.29, 1.82) is 5.26 Å². The molecule has 0 fully saturated rings. The highest BCUT2D eigenvalue weighted by Gasteiger charge is 2.36. The van der Waals surface area contributed by atoms with Gasteiger partial charge in [-0.3, -0.25) is 10.1 Å². The molecular formula is C23H27N3O4S. The lowest BCUT2D eigenvalue weighted by Gasteiger charge is -2.27. The molecule has 1 amide bonds. The molecule has 8 heteroatoms. The molecule has 2 N–H and O–H groups in total. The minimum atomic E-state index is -1.22. The summed E-state index contributed by atoms with van der Waals surface area (Å²) in [7, 11) is 1.29. The highest BCUT2D eigenvalue weighted by molar-refractivity contribution is 7.16. The summed E-state index contributed by atoms with van der Waals surface area (Å²) in [5.41, 5.74) is 0.425. The van der Waals surface area contributed by atoms with Gasteiger partial charge in [0.2, 0.25) is 5.91 Å². The Morgan fingerprint density at radius 3 is 2.65 bits per heavy atom. The number of thiophene rings is 1. The summed E-state index contributed by atoms with van der Waals surface area (Å²) in [5, 5.41) is 16.0. The summed E-state index contributed by atoms with van der Waals surface area (Å²) in [6.45, 7) is 1.49. The first-order valence-electron chi connectivity index (χ1n) is 10.3. The number of nitrogens with one attached hydrogen (secondary N) is 2. The predicted molar refractivity (Wildman–Crippen MR) is 119 cm³/mol. The fourth-order valence-corrected chi connectivity index (χ4v) is 4.80. The summed E-state index contributed by atoms with van der Waals surface area (Å²) in [6.07, 6.45) is 5.15. The largest absolute Gasteiger partial charge is 0.491 e. The number of ether oxygens (including phenoxy) is 2. The number of anilines is 1. The van der Waals surface area contributed by atoms with E-state index in [2.05, 4.69) is 16.7 Å². The number of carbonyl (C=O) groups excluding carboxylic acids is 2. The van der Waals surface area contributed by atoms with E-state index in [1.165, 1.54) is 23.3 Å². The number of methoxy groups -OCH3 is 1. The number of fused-ring (bicyclic) bond motifs is 1. The van der Waals surface area contributed by atoms with Gasteiger partial charge >= 0.3 is 5.97 Å². The second-order valence-corrected chi connectivity index (χ2v) is 8.81. The predicted octanol–water partition coefficient (Wildman–Crippen LogP) is 3.43. The number of hydrogen-bond acceptors (Lipinski definition) is 7. The SMILES string of the molecule is COC(=O)C(C)(COc1ccccc1)NCC(=O)Nc1sc2c(c1C#N)CCCCC2. The monoisotopic (exact) mass is 441 g/mol. The average molecular weight is 442 g/mol. The average Bonchev–Trinajstić information content (AvgIpc) is 2.94. The molecule has 1 aromatic heterocycles. The Balaban J connectivity index is 1.65. The first-order valence-corrected chi connectivity index (χ1v) is 11.1. The summed E-state index contributed by atoms with van der Waals surface area (Å²) in [4.78, 5) is 26.2. The second-order valence-electron chi connectivity index (χ2n) is 7.71. The van der Waals surface area contributed by atoms with Crippen LogP contribution in [0.15, 0.2) is 30.3 Å². The molecule has 0 saturated heterocycles. The molecule has 0 saturated carbocycles. The third-order valence-electron chi connectivity index (χ3n) is 5.33. The van der Waals surface area contributed by atoms with E-state index in [0.717, 1.165) is 37.7 Å². The van der Waals surface area contributed by atoms with Crippen molar-refractivity contribution in [1.82, 2.24) is 5.32 Å². The van der Waals surface area contributed by atoms with Crippen LogP contribution < -0.4 is 15.4 Å². The van der Waals surface area contributed by atoms with Crippen LogP contribution in [0.2, 0.25) is 0 Å². The fraction of sp³-hybridized carbons (Fsp3) is 0.435. The molecule has 164 valence electrons. The van der Waals surface area contributed by atoms with Gasteiger partial charge < -0.3 is 14.8 Å². The van der Waals surface area contributed by atoms with Gasteiger partial charge in [-0.25, -0.2) is 4.79 Å². The number of esters is 1. The van der Waals surface area contributed by atoms with Crippen molar-refractivity contribution in [3.63, 3.8) is 0 Å². The molecule has 1 unspecified atom stereocenters. The molecule has 1 heterocycles. The van der Waals surface area contributed by atoms with Gasteiger partial charge in [0.05, 0.1) is 19.2 Å². The van der Waals surface area contributed by atoms with E-state index in [9.17, 15) is 14.9 Å². The van der Waals surface area contributed by atoms with Crippen LogP contribution in [0.4, 0.5) is 5.00 Å². The number of nitriles is 1. The second kappa shape index (κ2) is 10.4. The molecular weight excluding hydrogens is 414 g/mol. The molecule has 1 aliphatic rings. The topological polar surface area (TPSA) is 100 Å². The van der Waals surface area contributed by atoms with Crippen molar-refractivity contribution in [2.45, 2.75) is 44.6 Å². The van der Waals surface area contributed by atoms with E-state index in [4.69, 9.17) is 9.47 Å². The van der Waals surface area contributed by atoms with Gasteiger partial charge in [-0.05, 0) is 50.3 Å². The quantitative estimate of drug-likeness (QED) is 0.481. The number of aryl methyl sites for hydroxylation is 1. The van der Waals surface area contributed by atoms with Crippen molar-refractivity contribution in [2.24, 2.45) is 0 Å². The molecule has 7 nitrogen and oxygen atoms in total. The molecule has 0 bridgehead atoms. The molecule has 2 aromatic rings. The number of para-hydroxylation sites is 1. The van der Waals surface area contributed by atoms with Gasteiger partial charge in [0.1, 0.15) is 29.0 Å². The van der Waals surface area contributed by atoms with E-state index in [1.54, 1.807) is 19.1 Å². The zero-order valence-corrected chi connectivity index (χ0v) is 18.6. The standard InChI is InChI=1S/C23H27N3O4S/c1-23(22(28)29-2,15-30-16-9-5-3-6-10-16)25-14-20(27)26-21-18(13-24)17-11-7-4-8-12-19(17)31-21/h3,5-6,9-10,25H,4,7-8,11-12,14-15H2,1-2H3,(H,26,27). The van der Waals surface area contributed by atoms with Crippen LogP contribution >= 0.6 is 11.3 Å². The van der Waals surface area contributed by atoms with Crippen LogP contribution in [0.1, 0.15) is 42.2 Å². The maximum Gasteiger partial charge on any atom is 0.329 e. The van der Waals surface area contributed by atoms with Crippen LogP contribution in [0.3, 0.4) is 0 Å². The van der Waals surface area contributed by atoms with Gasteiger partial charge in [-0.2, -0.15) is 5.26 Å². The molecule has 3 rings (SSSR count). The van der Waals surface area contributed by atoms with Crippen molar-refractivity contribution < 1.29 is 19.1 Å². The lowest BCUT2D eigenvalue weighted by Crippen LogP contribution is -2.56. The van der Waals surface area contributed by atoms with Crippen LogP contribution in [-0.2, 0) is 27.2 Å². The van der Waals surface area contributed by atoms with Crippen LogP contribution in [0, 0.1) is 11.3 Å². The lowest BCUT2D eigenvalue weighted by molar-refractivity contribution is -0.149. The van der Waals surface area contributed by atoms with Gasteiger partial charge in [-0.1, -0.05) is 24.6 Å². The lowest BCUT2D eigenvalue weighted by atomic mass is 10.0. The van der Waals surface area contributed by atoms with Gasteiger partial charge in [0, 0.05) is 4.88 Å². The van der Waals surface area contributed by atoms with Crippen molar-refractivity contribution in [3.8, 4) is 11.8 Å². The zero-order valence-electron chi connectivity index (χ0n) is 17.8. The first kappa shape index (κ1) is 22.8. The van der Waals surface area contributed by atoms with E-state index in [0.29, 0.717) is 16.3 Å². The van der Waals surface area contributed by atoms with Gasteiger partial charge in [0.15, 0.2) is 0 Å². The van der Waals surface area contributed by atoms with Gasteiger partial charge in [0.25, 0.3) is 0 Å². The number of rotatable bonds is 8. The third-order valence-corrected chi connectivity index (χ3v) is 6.54. The fourth-order valence-electron chi connectivity index (χ4n) is 3.55. The van der Waals surface area contributed by atoms with Gasteiger partial charge in [-0.15, -0.1) is 11.3 Å².